The average Bonchev–Trinajstić information content (AvgIpc) is 3.30. The smallest absolute Gasteiger partial charge is 0.330 e. The molecule has 10 heteroatoms. The fourth-order valence-corrected chi connectivity index (χ4v) is 4.27. The lowest BCUT2D eigenvalue weighted by Gasteiger charge is -2.28. The Morgan fingerprint density at radius 1 is 1.20 bits per heavy atom. The second-order valence-corrected chi connectivity index (χ2v) is 7.84. The van der Waals surface area contributed by atoms with Crippen LogP contribution >= 0.6 is 0 Å². The van der Waals surface area contributed by atoms with Gasteiger partial charge in [0.15, 0.2) is 11.3 Å². The van der Waals surface area contributed by atoms with Crippen LogP contribution in [-0.4, -0.2) is 46.9 Å². The van der Waals surface area contributed by atoms with E-state index in [9.17, 15) is 4.79 Å². The van der Waals surface area contributed by atoms with Crippen LogP contribution in [0.15, 0.2) is 29.6 Å². The Balaban J connectivity index is 1.53. The highest BCUT2D eigenvalue weighted by molar-refractivity contribution is 5.73. The average molecular weight is 408 g/mol. The van der Waals surface area contributed by atoms with Gasteiger partial charge in [-0.2, -0.15) is 10.1 Å². The van der Waals surface area contributed by atoms with Gasteiger partial charge in [0.05, 0.1) is 24.2 Å². The zero-order chi connectivity index (χ0) is 20.8. The molecule has 0 aromatic carbocycles. The summed E-state index contributed by atoms with van der Waals surface area (Å²) < 4.78 is 10.6. The summed E-state index contributed by atoms with van der Waals surface area (Å²) in [5, 5.41) is 7.45. The fraction of sp³-hybridized carbons (Fsp3) is 0.450. The summed E-state index contributed by atoms with van der Waals surface area (Å²) in [5.74, 6) is 0.440. The van der Waals surface area contributed by atoms with E-state index in [1.54, 1.807) is 29.4 Å². The van der Waals surface area contributed by atoms with Crippen molar-refractivity contribution in [2.75, 3.05) is 12.4 Å². The Kier molecular flexibility index (Phi) is 4.50. The third-order valence-corrected chi connectivity index (χ3v) is 6.04. The van der Waals surface area contributed by atoms with Crippen molar-refractivity contribution < 1.29 is 4.74 Å². The number of fused-ring (bicyclic) bond motifs is 2. The van der Waals surface area contributed by atoms with Crippen LogP contribution in [-0.2, 0) is 11.8 Å². The Bertz CT molecular complexity index is 1280. The van der Waals surface area contributed by atoms with E-state index >= 15 is 0 Å². The molecular weight excluding hydrogens is 384 g/mol. The molecule has 4 aromatic rings. The van der Waals surface area contributed by atoms with Crippen molar-refractivity contribution in [3.8, 4) is 0 Å². The highest BCUT2D eigenvalue weighted by Gasteiger charge is 2.26. The number of imidazole rings is 1. The molecule has 0 amide bonds. The molecule has 0 saturated heterocycles. The second kappa shape index (κ2) is 7.21. The molecule has 0 atom stereocenters. The van der Waals surface area contributed by atoms with Crippen molar-refractivity contribution in [1.82, 2.24) is 33.7 Å². The predicted molar refractivity (Wildman–Crippen MR) is 112 cm³/mol. The van der Waals surface area contributed by atoms with Gasteiger partial charge in [0.25, 0.3) is 0 Å². The summed E-state index contributed by atoms with van der Waals surface area (Å²) >= 11 is 0. The van der Waals surface area contributed by atoms with Crippen LogP contribution in [0, 0.1) is 6.92 Å². The topological polar surface area (TPSA) is 104 Å². The number of pyridine rings is 1. The third kappa shape index (κ3) is 3.04. The molecule has 1 aliphatic carbocycles. The first-order valence-corrected chi connectivity index (χ1v) is 10.1. The molecule has 1 fully saturated rings. The van der Waals surface area contributed by atoms with Gasteiger partial charge in [-0.3, -0.25) is 9.13 Å². The van der Waals surface area contributed by atoms with E-state index in [2.05, 4.69) is 20.4 Å². The van der Waals surface area contributed by atoms with E-state index in [1.165, 1.54) is 6.33 Å². The molecule has 0 unspecified atom stereocenters. The normalized spacial score (nSPS) is 19.6. The van der Waals surface area contributed by atoms with Gasteiger partial charge in [-0.1, -0.05) is 0 Å². The first kappa shape index (κ1) is 18.7. The molecule has 0 radical (unpaired) electrons. The van der Waals surface area contributed by atoms with Crippen LogP contribution in [0.25, 0.3) is 16.8 Å². The number of nitrogens with zero attached hydrogens (tertiary/aromatic N) is 7. The third-order valence-electron chi connectivity index (χ3n) is 6.04. The number of anilines is 2. The number of rotatable bonds is 4. The summed E-state index contributed by atoms with van der Waals surface area (Å²) in [6.07, 6.45) is 9.02. The van der Waals surface area contributed by atoms with Crippen LogP contribution in [0.4, 0.5) is 11.6 Å². The Hall–Kier alpha value is -3.27. The molecule has 5 rings (SSSR count). The number of aromatic nitrogens is 7. The Morgan fingerprint density at radius 2 is 2.00 bits per heavy atom. The van der Waals surface area contributed by atoms with Crippen molar-refractivity contribution in [2.24, 2.45) is 7.05 Å². The summed E-state index contributed by atoms with van der Waals surface area (Å²) in [6.45, 7) is 1.99. The maximum absolute atomic E-state index is 13.0. The number of methoxy groups -OCH3 is 1. The Morgan fingerprint density at radius 3 is 2.77 bits per heavy atom. The summed E-state index contributed by atoms with van der Waals surface area (Å²) in [6, 6.07) is 2.06. The number of aryl methyl sites for hydroxylation is 2. The van der Waals surface area contributed by atoms with Crippen LogP contribution in [0.3, 0.4) is 0 Å². The zero-order valence-corrected chi connectivity index (χ0v) is 17.2. The molecule has 156 valence electrons. The van der Waals surface area contributed by atoms with Gasteiger partial charge in [0.1, 0.15) is 11.8 Å². The van der Waals surface area contributed by atoms with Gasteiger partial charge in [-0.15, -0.1) is 0 Å². The van der Waals surface area contributed by atoms with Crippen molar-refractivity contribution in [1.29, 1.82) is 0 Å². The van der Waals surface area contributed by atoms with Crippen molar-refractivity contribution in [3.63, 3.8) is 0 Å². The van der Waals surface area contributed by atoms with Gasteiger partial charge in [0, 0.05) is 20.2 Å². The predicted octanol–water partition coefficient (Wildman–Crippen LogP) is 2.35. The molecule has 0 spiro atoms. The molecule has 30 heavy (non-hydrogen) atoms. The van der Waals surface area contributed by atoms with E-state index in [0.717, 1.165) is 48.1 Å². The lowest BCUT2D eigenvalue weighted by Crippen LogP contribution is -2.30. The standard InChI is InChI=1S/C20H24N8O2/c1-12-8-17-22-11-23-27(17)10-15(12)24-19-21-9-16-18(25-19)28(20(29)26(16)2)13-4-6-14(30-3)7-5-13/h8-11,13-14H,4-7H2,1-3H3,(H,21,24,25)/t13-,14-. The molecule has 4 aromatic heterocycles. The highest BCUT2D eigenvalue weighted by atomic mass is 16.5. The number of hydrogen-bond acceptors (Lipinski definition) is 7. The molecular formula is C20H24N8O2. The van der Waals surface area contributed by atoms with Crippen molar-refractivity contribution >= 4 is 28.4 Å². The minimum absolute atomic E-state index is 0.0578. The number of ether oxygens (including phenoxy) is 1. The Labute approximate surface area is 172 Å². The monoisotopic (exact) mass is 408 g/mol. The lowest BCUT2D eigenvalue weighted by atomic mass is 9.93. The number of nitrogens with one attached hydrogen (secondary N) is 1. The van der Waals surface area contributed by atoms with Gasteiger partial charge in [-0.25, -0.2) is 19.3 Å². The molecule has 4 heterocycles. The molecule has 10 nitrogen and oxygen atoms in total. The fourth-order valence-electron chi connectivity index (χ4n) is 4.27. The molecule has 1 N–H and O–H groups in total. The van der Waals surface area contributed by atoms with Crippen LogP contribution in [0.2, 0.25) is 0 Å². The maximum Gasteiger partial charge on any atom is 0.330 e. The minimum Gasteiger partial charge on any atom is -0.381 e. The van der Waals surface area contributed by atoms with E-state index < -0.39 is 0 Å². The quantitative estimate of drug-likeness (QED) is 0.553. The first-order valence-electron chi connectivity index (χ1n) is 10.1. The van der Waals surface area contributed by atoms with Crippen LogP contribution < -0.4 is 11.0 Å². The second-order valence-electron chi connectivity index (χ2n) is 7.84. The van der Waals surface area contributed by atoms with Gasteiger partial charge >= 0.3 is 5.69 Å². The lowest BCUT2D eigenvalue weighted by molar-refractivity contribution is 0.0584. The van der Waals surface area contributed by atoms with Crippen molar-refractivity contribution in [2.45, 2.75) is 44.8 Å². The SMILES string of the molecule is CO[C@H]1CC[C@H](n2c(=O)n(C)c3cnc(Nc4cn5ncnc5cc4C)nc32)CC1. The van der Waals surface area contributed by atoms with Gasteiger partial charge < -0.3 is 10.1 Å². The van der Waals surface area contributed by atoms with Crippen molar-refractivity contribution in [3.05, 3.63) is 40.8 Å². The largest absolute Gasteiger partial charge is 0.381 e. The van der Waals surface area contributed by atoms with Gasteiger partial charge in [-0.05, 0) is 44.2 Å². The zero-order valence-electron chi connectivity index (χ0n) is 17.2. The van der Waals surface area contributed by atoms with E-state index in [-0.39, 0.29) is 17.8 Å². The van der Waals surface area contributed by atoms with E-state index in [1.807, 2.05) is 23.8 Å². The summed E-state index contributed by atoms with van der Waals surface area (Å²) in [4.78, 5) is 26.3. The van der Waals surface area contributed by atoms with Gasteiger partial charge in [0.2, 0.25) is 5.95 Å². The van der Waals surface area contributed by atoms with Crippen LogP contribution in [0.1, 0.15) is 37.3 Å². The number of hydrogen-bond donors (Lipinski definition) is 1. The molecule has 0 aliphatic heterocycles. The van der Waals surface area contributed by atoms with Crippen LogP contribution in [0.5, 0.6) is 0 Å². The summed E-state index contributed by atoms with van der Waals surface area (Å²) in [7, 11) is 3.51. The first-order chi connectivity index (χ1) is 14.5. The molecule has 1 saturated carbocycles. The molecule has 0 bridgehead atoms. The van der Waals surface area contributed by atoms with E-state index in [0.29, 0.717) is 11.6 Å². The summed E-state index contributed by atoms with van der Waals surface area (Å²) in [5.41, 5.74) is 3.93. The minimum atomic E-state index is -0.0578. The van der Waals surface area contributed by atoms with E-state index in [4.69, 9.17) is 9.72 Å². The highest BCUT2D eigenvalue weighted by Crippen LogP contribution is 2.31. The molecule has 1 aliphatic rings. The maximum atomic E-state index is 13.0.